The number of pyridine rings is 1. The number of rotatable bonds is 8. The van der Waals surface area contributed by atoms with E-state index >= 15 is 0 Å². The van der Waals surface area contributed by atoms with Crippen LogP contribution in [-0.2, 0) is 14.3 Å². The van der Waals surface area contributed by atoms with Crippen LogP contribution in [0.1, 0.15) is 43.0 Å². The molecule has 2 aromatic carbocycles. The fourth-order valence-corrected chi connectivity index (χ4v) is 5.07. The number of hydrogen-bond acceptors (Lipinski definition) is 9. The zero-order valence-corrected chi connectivity index (χ0v) is 25.0. The first kappa shape index (κ1) is 30.6. The maximum Gasteiger partial charge on any atom is 0.411 e. The second-order valence-electron chi connectivity index (χ2n) is 10.1. The Hall–Kier alpha value is -4.81. The summed E-state index contributed by atoms with van der Waals surface area (Å²) in [5.41, 5.74) is 5.52. The van der Waals surface area contributed by atoms with Gasteiger partial charge in [-0.05, 0) is 77.4 Å². The molecule has 0 fully saturated rings. The summed E-state index contributed by atoms with van der Waals surface area (Å²) in [5.74, 6) is -0.257. The van der Waals surface area contributed by atoms with Crippen molar-refractivity contribution in [2.24, 2.45) is 0 Å². The number of carbonyl (C=O) groups excluding carboxylic acids is 2. The van der Waals surface area contributed by atoms with E-state index in [1.165, 1.54) is 17.1 Å². The molecule has 5 rings (SSSR count). The largest absolute Gasteiger partial charge is 0.447 e. The van der Waals surface area contributed by atoms with E-state index in [1.807, 2.05) is 30.3 Å². The van der Waals surface area contributed by atoms with Gasteiger partial charge >= 0.3 is 6.09 Å². The SMILES string of the molecule is COCCOC(=O)Nc1ccc2c(c1)NCCCCC[C@H](NC(=O)/C=C/c1cc(Cl)ccc1-n1cnnn1)c1cc-2ccn1. The molecule has 44 heavy (non-hydrogen) atoms. The lowest BCUT2D eigenvalue weighted by Gasteiger charge is -2.21. The van der Waals surface area contributed by atoms with Crippen molar-refractivity contribution in [2.45, 2.75) is 31.7 Å². The molecule has 4 aromatic rings. The number of amides is 2. The number of benzene rings is 2. The second kappa shape index (κ2) is 15.1. The normalized spacial score (nSPS) is 14.9. The molecule has 1 aliphatic heterocycles. The minimum Gasteiger partial charge on any atom is -0.447 e. The van der Waals surface area contributed by atoms with Crippen molar-refractivity contribution in [3.8, 4) is 16.8 Å². The summed E-state index contributed by atoms with van der Waals surface area (Å²) in [7, 11) is 1.55. The molecule has 2 amide bonds. The highest BCUT2D eigenvalue weighted by Crippen LogP contribution is 2.33. The van der Waals surface area contributed by atoms with Crippen LogP contribution >= 0.6 is 11.6 Å². The van der Waals surface area contributed by atoms with Crippen molar-refractivity contribution in [3.05, 3.63) is 83.4 Å². The van der Waals surface area contributed by atoms with Crippen LogP contribution in [0.15, 0.2) is 67.1 Å². The van der Waals surface area contributed by atoms with Gasteiger partial charge in [0.15, 0.2) is 0 Å². The number of nitrogens with zero attached hydrogens (tertiary/aromatic N) is 5. The van der Waals surface area contributed by atoms with E-state index in [-0.39, 0.29) is 18.6 Å². The van der Waals surface area contributed by atoms with Gasteiger partial charge in [0.2, 0.25) is 5.91 Å². The van der Waals surface area contributed by atoms with E-state index < -0.39 is 6.09 Å². The van der Waals surface area contributed by atoms with Crippen molar-refractivity contribution in [2.75, 3.05) is 37.5 Å². The van der Waals surface area contributed by atoms with Gasteiger partial charge in [-0.15, -0.1) is 5.10 Å². The van der Waals surface area contributed by atoms with Gasteiger partial charge in [0.1, 0.15) is 12.9 Å². The molecule has 1 atom stereocenters. The summed E-state index contributed by atoms with van der Waals surface area (Å²) < 4.78 is 11.6. The Kier molecular flexibility index (Phi) is 10.5. The molecule has 0 spiro atoms. The Morgan fingerprint density at radius 2 is 2.02 bits per heavy atom. The summed E-state index contributed by atoms with van der Waals surface area (Å²) in [6.07, 6.45) is 9.40. The molecular weight excluding hydrogens is 584 g/mol. The molecular formula is C31H33ClN8O4. The van der Waals surface area contributed by atoms with Crippen LogP contribution in [0.3, 0.4) is 0 Å². The predicted octanol–water partition coefficient (Wildman–Crippen LogP) is 5.43. The van der Waals surface area contributed by atoms with Crippen LogP contribution in [0.4, 0.5) is 16.2 Å². The zero-order valence-electron chi connectivity index (χ0n) is 24.2. The van der Waals surface area contributed by atoms with Crippen molar-refractivity contribution >= 4 is 41.1 Å². The first-order valence-electron chi connectivity index (χ1n) is 14.3. The lowest BCUT2D eigenvalue weighted by Crippen LogP contribution is -2.27. The highest BCUT2D eigenvalue weighted by Gasteiger charge is 2.18. The molecule has 228 valence electrons. The summed E-state index contributed by atoms with van der Waals surface area (Å²) >= 11 is 6.23. The molecule has 1 aliphatic rings. The van der Waals surface area contributed by atoms with Gasteiger partial charge in [-0.3, -0.25) is 15.1 Å². The lowest BCUT2D eigenvalue weighted by molar-refractivity contribution is -0.117. The standard InChI is InChI=1S/C31H33ClN8O4/c1-43-15-16-44-31(42)36-24-8-9-25-21-12-14-34-28(18-21)26(5-3-2-4-13-33-27(25)19-24)37-30(41)11-6-22-17-23(32)7-10-29(22)40-20-35-38-39-40/h6-12,14,17-20,26,33H,2-5,13,15-16H2,1H3,(H,36,42)(H,37,41)/b11-6+/t26-/m0/s1. The van der Waals surface area contributed by atoms with Gasteiger partial charge in [0.25, 0.3) is 0 Å². The quantitative estimate of drug-likeness (QED) is 0.174. The van der Waals surface area contributed by atoms with Crippen LogP contribution in [-0.4, -0.2) is 64.1 Å². The van der Waals surface area contributed by atoms with Crippen molar-refractivity contribution in [3.63, 3.8) is 0 Å². The number of hydrogen-bond donors (Lipinski definition) is 3. The third kappa shape index (κ3) is 8.17. The molecule has 2 bridgehead atoms. The molecule has 0 radical (unpaired) electrons. The van der Waals surface area contributed by atoms with Gasteiger partial charge in [-0.1, -0.05) is 30.5 Å². The minimum absolute atomic E-state index is 0.168. The van der Waals surface area contributed by atoms with Crippen LogP contribution in [0, 0.1) is 0 Å². The van der Waals surface area contributed by atoms with E-state index in [0.717, 1.165) is 54.7 Å². The first-order valence-corrected chi connectivity index (χ1v) is 14.7. The van der Waals surface area contributed by atoms with Gasteiger partial charge in [0.05, 0.1) is 24.0 Å². The van der Waals surface area contributed by atoms with Crippen molar-refractivity contribution < 1.29 is 19.1 Å². The molecule has 0 unspecified atom stereocenters. The Morgan fingerprint density at radius 3 is 2.86 bits per heavy atom. The first-order chi connectivity index (χ1) is 21.5. The smallest absolute Gasteiger partial charge is 0.411 e. The highest BCUT2D eigenvalue weighted by molar-refractivity contribution is 6.30. The van der Waals surface area contributed by atoms with Crippen LogP contribution in [0.25, 0.3) is 22.9 Å². The fourth-order valence-electron chi connectivity index (χ4n) is 4.89. The van der Waals surface area contributed by atoms with Crippen LogP contribution < -0.4 is 16.0 Å². The molecule has 0 saturated heterocycles. The van der Waals surface area contributed by atoms with Crippen molar-refractivity contribution in [1.82, 2.24) is 30.5 Å². The van der Waals surface area contributed by atoms with Gasteiger partial charge in [0, 0.05) is 53.5 Å². The number of fused-ring (bicyclic) bond motifs is 4. The third-order valence-corrected chi connectivity index (χ3v) is 7.27. The Balaban J connectivity index is 1.35. The summed E-state index contributed by atoms with van der Waals surface area (Å²) in [5, 5.41) is 21.3. The topological polar surface area (TPSA) is 145 Å². The average Bonchev–Trinajstić information content (AvgIpc) is 3.56. The van der Waals surface area contributed by atoms with Gasteiger partial charge in [-0.2, -0.15) is 4.68 Å². The number of nitrogens with one attached hydrogen (secondary N) is 3. The summed E-state index contributed by atoms with van der Waals surface area (Å²) in [4.78, 5) is 30.0. The lowest BCUT2D eigenvalue weighted by atomic mass is 9.98. The number of halogens is 1. The van der Waals surface area contributed by atoms with Crippen LogP contribution in [0.5, 0.6) is 0 Å². The summed E-state index contributed by atoms with van der Waals surface area (Å²) in [6, 6.07) is 14.6. The van der Waals surface area contributed by atoms with E-state index in [1.54, 1.807) is 37.6 Å². The van der Waals surface area contributed by atoms with E-state index in [0.29, 0.717) is 28.6 Å². The molecule has 0 aliphatic carbocycles. The molecule has 12 nitrogen and oxygen atoms in total. The highest BCUT2D eigenvalue weighted by atomic mass is 35.5. The Labute approximate surface area is 259 Å². The Bertz CT molecular complexity index is 1610. The maximum atomic E-state index is 13.2. The van der Waals surface area contributed by atoms with E-state index in [2.05, 4.69) is 36.5 Å². The predicted molar refractivity (Wildman–Crippen MR) is 168 cm³/mol. The number of anilines is 2. The fraction of sp³-hybridized carbons (Fsp3) is 0.290. The van der Waals surface area contributed by atoms with E-state index in [9.17, 15) is 9.59 Å². The van der Waals surface area contributed by atoms with Gasteiger partial charge < -0.3 is 20.1 Å². The summed E-state index contributed by atoms with van der Waals surface area (Å²) in [6.45, 7) is 1.25. The maximum absolute atomic E-state index is 13.2. The second-order valence-corrected chi connectivity index (χ2v) is 10.5. The number of ether oxygens (including phenoxy) is 2. The average molecular weight is 617 g/mol. The molecule has 3 N–H and O–H groups in total. The van der Waals surface area contributed by atoms with Crippen LogP contribution in [0.2, 0.25) is 5.02 Å². The Morgan fingerprint density at radius 1 is 1.11 bits per heavy atom. The zero-order chi connectivity index (χ0) is 30.7. The number of carbonyl (C=O) groups is 2. The van der Waals surface area contributed by atoms with Crippen molar-refractivity contribution in [1.29, 1.82) is 0 Å². The van der Waals surface area contributed by atoms with Gasteiger partial charge in [-0.25, -0.2) is 4.79 Å². The molecule has 3 heterocycles. The van der Waals surface area contributed by atoms with E-state index in [4.69, 9.17) is 21.1 Å². The monoisotopic (exact) mass is 616 g/mol. The minimum atomic E-state index is -0.545. The molecule has 0 saturated carbocycles. The molecule has 2 aromatic heterocycles. The third-order valence-electron chi connectivity index (χ3n) is 7.04. The number of methoxy groups -OCH3 is 1. The molecule has 13 heteroatoms. The number of tetrazole rings is 1. The number of aromatic nitrogens is 5.